The summed E-state index contributed by atoms with van der Waals surface area (Å²) < 4.78 is 5.49. The van der Waals surface area contributed by atoms with Gasteiger partial charge in [-0.05, 0) is 37.5 Å². The molecule has 4 heteroatoms. The van der Waals surface area contributed by atoms with Gasteiger partial charge in [-0.25, -0.2) is 0 Å². The summed E-state index contributed by atoms with van der Waals surface area (Å²) in [4.78, 5) is 25.6. The van der Waals surface area contributed by atoms with Crippen LogP contribution in [0.4, 0.5) is 5.69 Å². The molecule has 0 N–H and O–H groups in total. The first kappa shape index (κ1) is 14.7. The van der Waals surface area contributed by atoms with Crippen LogP contribution in [0.5, 0.6) is 0 Å². The summed E-state index contributed by atoms with van der Waals surface area (Å²) in [5.74, 6) is -0.840. The zero-order chi connectivity index (χ0) is 14.7. The highest BCUT2D eigenvalue weighted by molar-refractivity contribution is 6.52. The second-order valence-electron chi connectivity index (χ2n) is 5.23. The Kier molecular flexibility index (Phi) is 4.55. The van der Waals surface area contributed by atoms with Crippen LogP contribution in [0, 0.1) is 13.8 Å². The highest BCUT2D eigenvalue weighted by Gasteiger charge is 2.36. The van der Waals surface area contributed by atoms with Gasteiger partial charge >= 0.3 is 0 Å². The van der Waals surface area contributed by atoms with Crippen LogP contribution in [-0.2, 0) is 9.53 Å². The number of carbonyl (C=O) groups is 2. The maximum Gasteiger partial charge on any atom is 0.299 e. The molecule has 0 aliphatic carbocycles. The lowest BCUT2D eigenvalue weighted by Crippen LogP contribution is -2.33. The largest absolute Gasteiger partial charge is 0.380 e. The van der Waals surface area contributed by atoms with E-state index < -0.39 is 11.7 Å². The highest BCUT2D eigenvalue weighted by Crippen LogP contribution is 2.33. The maximum absolute atomic E-state index is 12.1. The first-order chi connectivity index (χ1) is 9.56. The van der Waals surface area contributed by atoms with E-state index in [1.165, 1.54) is 0 Å². The van der Waals surface area contributed by atoms with Crippen molar-refractivity contribution in [2.24, 2.45) is 0 Å². The van der Waals surface area contributed by atoms with E-state index in [9.17, 15) is 9.59 Å². The van der Waals surface area contributed by atoms with E-state index in [0.29, 0.717) is 25.3 Å². The molecule has 1 amide bonds. The van der Waals surface area contributed by atoms with Gasteiger partial charge in [0.1, 0.15) is 0 Å². The predicted octanol–water partition coefficient (Wildman–Crippen LogP) is 2.65. The summed E-state index contributed by atoms with van der Waals surface area (Å²) in [6.07, 6.45) is 2.10. The Balaban J connectivity index is 2.12. The third-order valence-electron chi connectivity index (χ3n) is 3.50. The van der Waals surface area contributed by atoms with Gasteiger partial charge in [0.2, 0.25) is 0 Å². The molecule has 1 aliphatic heterocycles. The normalized spacial score (nSPS) is 14.1. The van der Waals surface area contributed by atoms with Crippen molar-refractivity contribution in [3.8, 4) is 0 Å². The number of Topliss-reactive ketones (excluding diaryl/α,β-unsaturated/α-hetero) is 1. The second kappa shape index (κ2) is 6.18. The first-order valence-corrected chi connectivity index (χ1v) is 7.11. The standard InChI is InChI=1S/C16H21NO3/c1-4-5-7-20-8-6-17-14-12(3)9-11(2)10-13(14)15(18)16(17)19/h9-10H,4-8H2,1-3H3. The highest BCUT2D eigenvalue weighted by atomic mass is 16.5. The van der Waals surface area contributed by atoms with Crippen molar-refractivity contribution in [2.75, 3.05) is 24.7 Å². The number of rotatable bonds is 6. The molecule has 0 aromatic heterocycles. The van der Waals surface area contributed by atoms with Crippen LogP contribution in [0.3, 0.4) is 0 Å². The summed E-state index contributed by atoms with van der Waals surface area (Å²) in [5, 5.41) is 0. The van der Waals surface area contributed by atoms with E-state index in [1.54, 1.807) is 11.0 Å². The number of nitrogens with zero attached hydrogens (tertiary/aromatic N) is 1. The Morgan fingerprint density at radius 2 is 1.90 bits per heavy atom. The van der Waals surface area contributed by atoms with Crippen LogP contribution in [0.25, 0.3) is 0 Å². The third-order valence-corrected chi connectivity index (χ3v) is 3.50. The topological polar surface area (TPSA) is 46.6 Å². The molecule has 1 aromatic carbocycles. The zero-order valence-corrected chi connectivity index (χ0v) is 12.4. The molecule has 0 saturated heterocycles. The molecular weight excluding hydrogens is 254 g/mol. The number of hydrogen-bond donors (Lipinski definition) is 0. The van der Waals surface area contributed by atoms with Gasteiger partial charge in [0.25, 0.3) is 11.7 Å². The summed E-state index contributed by atoms with van der Waals surface area (Å²) in [6, 6.07) is 3.79. The van der Waals surface area contributed by atoms with Crippen molar-refractivity contribution >= 4 is 17.4 Å². The average molecular weight is 275 g/mol. The molecule has 1 heterocycles. The Bertz CT molecular complexity index is 537. The first-order valence-electron chi connectivity index (χ1n) is 7.11. The van der Waals surface area contributed by atoms with E-state index in [4.69, 9.17) is 4.74 Å². The summed E-state index contributed by atoms with van der Waals surface area (Å²) in [6.45, 7) is 7.57. The number of amides is 1. The number of anilines is 1. The fraction of sp³-hybridized carbons (Fsp3) is 0.500. The van der Waals surface area contributed by atoms with Crippen molar-refractivity contribution in [2.45, 2.75) is 33.6 Å². The number of benzene rings is 1. The minimum absolute atomic E-state index is 0.402. The number of fused-ring (bicyclic) bond motifs is 1. The van der Waals surface area contributed by atoms with Crippen LogP contribution < -0.4 is 4.90 Å². The molecule has 20 heavy (non-hydrogen) atoms. The molecule has 0 radical (unpaired) electrons. The van der Waals surface area contributed by atoms with Crippen LogP contribution in [0.1, 0.15) is 41.3 Å². The SMILES string of the molecule is CCCCOCCN1C(=O)C(=O)c2cc(C)cc(C)c21. The zero-order valence-electron chi connectivity index (χ0n) is 12.4. The Hall–Kier alpha value is -1.68. The molecule has 2 rings (SSSR count). The molecule has 1 aliphatic rings. The Labute approximate surface area is 119 Å². The van der Waals surface area contributed by atoms with Gasteiger partial charge in [0.05, 0.1) is 17.9 Å². The minimum atomic E-state index is -0.437. The van der Waals surface area contributed by atoms with Gasteiger partial charge in [0.15, 0.2) is 0 Å². The van der Waals surface area contributed by atoms with Gasteiger partial charge in [-0.1, -0.05) is 19.4 Å². The molecule has 0 atom stereocenters. The van der Waals surface area contributed by atoms with Crippen molar-refractivity contribution < 1.29 is 14.3 Å². The average Bonchev–Trinajstić information content (AvgIpc) is 2.64. The third kappa shape index (κ3) is 2.75. The van der Waals surface area contributed by atoms with Gasteiger partial charge < -0.3 is 9.64 Å². The molecule has 0 saturated carbocycles. The van der Waals surface area contributed by atoms with Crippen molar-refractivity contribution in [1.29, 1.82) is 0 Å². The molecule has 1 aromatic rings. The Morgan fingerprint density at radius 3 is 2.60 bits per heavy atom. The number of hydrogen-bond acceptors (Lipinski definition) is 3. The van der Waals surface area contributed by atoms with E-state index in [1.807, 2.05) is 19.9 Å². The van der Waals surface area contributed by atoms with Gasteiger partial charge in [-0.2, -0.15) is 0 Å². The van der Waals surface area contributed by atoms with Crippen molar-refractivity contribution in [3.63, 3.8) is 0 Å². The van der Waals surface area contributed by atoms with Crippen molar-refractivity contribution in [3.05, 3.63) is 28.8 Å². The fourth-order valence-electron chi connectivity index (χ4n) is 2.55. The molecular formula is C16H21NO3. The number of unbranched alkanes of at least 4 members (excludes halogenated alkanes) is 1. The number of aryl methyl sites for hydroxylation is 2. The van der Waals surface area contributed by atoms with Gasteiger partial charge in [-0.3, -0.25) is 9.59 Å². The quantitative estimate of drug-likeness (QED) is 0.592. The predicted molar refractivity (Wildman–Crippen MR) is 78.3 cm³/mol. The number of carbonyl (C=O) groups excluding carboxylic acids is 2. The van der Waals surface area contributed by atoms with E-state index in [-0.39, 0.29) is 0 Å². The number of ether oxygens (including phenoxy) is 1. The van der Waals surface area contributed by atoms with Gasteiger partial charge in [0, 0.05) is 13.2 Å². The van der Waals surface area contributed by atoms with Crippen LogP contribution in [-0.4, -0.2) is 31.4 Å². The fourth-order valence-corrected chi connectivity index (χ4v) is 2.55. The minimum Gasteiger partial charge on any atom is -0.380 e. The van der Waals surface area contributed by atoms with Crippen LogP contribution >= 0.6 is 0 Å². The lowest BCUT2D eigenvalue weighted by molar-refractivity contribution is -0.114. The van der Waals surface area contributed by atoms with E-state index in [0.717, 1.165) is 29.7 Å². The van der Waals surface area contributed by atoms with E-state index >= 15 is 0 Å². The maximum atomic E-state index is 12.1. The molecule has 0 unspecified atom stereocenters. The summed E-state index contributed by atoms with van der Waals surface area (Å²) in [7, 11) is 0. The van der Waals surface area contributed by atoms with Crippen LogP contribution in [0.15, 0.2) is 12.1 Å². The molecule has 0 bridgehead atoms. The smallest absolute Gasteiger partial charge is 0.299 e. The van der Waals surface area contributed by atoms with Gasteiger partial charge in [-0.15, -0.1) is 0 Å². The molecule has 108 valence electrons. The summed E-state index contributed by atoms with van der Waals surface area (Å²) >= 11 is 0. The molecule has 0 spiro atoms. The van der Waals surface area contributed by atoms with Crippen LogP contribution in [0.2, 0.25) is 0 Å². The second-order valence-corrected chi connectivity index (χ2v) is 5.23. The monoisotopic (exact) mass is 275 g/mol. The van der Waals surface area contributed by atoms with Crippen molar-refractivity contribution in [1.82, 2.24) is 0 Å². The van der Waals surface area contributed by atoms with E-state index in [2.05, 4.69) is 6.92 Å². The Morgan fingerprint density at radius 1 is 1.15 bits per heavy atom. The lowest BCUT2D eigenvalue weighted by Gasteiger charge is -2.18. The molecule has 4 nitrogen and oxygen atoms in total. The summed E-state index contributed by atoms with van der Waals surface area (Å²) in [5.41, 5.74) is 3.25. The number of ketones is 1. The molecule has 0 fully saturated rings. The lowest BCUT2D eigenvalue weighted by atomic mass is 10.0.